The zero-order valence-electron chi connectivity index (χ0n) is 13.0. The number of fused-ring (bicyclic) bond motifs is 1. The van der Waals surface area contributed by atoms with E-state index in [4.69, 9.17) is 4.74 Å². The Kier molecular flexibility index (Phi) is 3.76. The van der Waals surface area contributed by atoms with E-state index in [1.807, 2.05) is 0 Å². The summed E-state index contributed by atoms with van der Waals surface area (Å²) in [6.07, 6.45) is 6.77. The molecule has 0 aromatic heterocycles. The van der Waals surface area contributed by atoms with Crippen LogP contribution in [0.3, 0.4) is 0 Å². The summed E-state index contributed by atoms with van der Waals surface area (Å²) in [7, 11) is 0. The van der Waals surface area contributed by atoms with Gasteiger partial charge >= 0.3 is 0 Å². The third kappa shape index (κ3) is 2.85. The van der Waals surface area contributed by atoms with E-state index < -0.39 is 0 Å². The van der Waals surface area contributed by atoms with Crippen LogP contribution in [0.1, 0.15) is 50.7 Å². The average Bonchev–Trinajstić information content (AvgIpc) is 2.79. The van der Waals surface area contributed by atoms with Crippen molar-refractivity contribution < 1.29 is 4.74 Å². The summed E-state index contributed by atoms with van der Waals surface area (Å²) in [4.78, 5) is 0. The van der Waals surface area contributed by atoms with Gasteiger partial charge in [0.1, 0.15) is 11.9 Å². The summed E-state index contributed by atoms with van der Waals surface area (Å²) in [6.45, 7) is 7.92. The first-order chi connectivity index (χ1) is 9.54. The molecule has 0 amide bonds. The van der Waals surface area contributed by atoms with Crippen molar-refractivity contribution in [3.05, 3.63) is 29.3 Å². The lowest BCUT2D eigenvalue weighted by molar-refractivity contribution is 0.145. The molecule has 1 aliphatic heterocycles. The van der Waals surface area contributed by atoms with Crippen LogP contribution in [-0.2, 0) is 6.42 Å². The van der Waals surface area contributed by atoms with E-state index in [9.17, 15) is 0 Å². The van der Waals surface area contributed by atoms with Crippen molar-refractivity contribution in [3.8, 4) is 5.75 Å². The molecule has 2 heteroatoms. The van der Waals surface area contributed by atoms with Gasteiger partial charge in [0.15, 0.2) is 0 Å². The van der Waals surface area contributed by atoms with Crippen LogP contribution in [0.5, 0.6) is 5.75 Å². The summed E-state index contributed by atoms with van der Waals surface area (Å²) in [5.41, 5.74) is 3.13. The van der Waals surface area contributed by atoms with E-state index in [-0.39, 0.29) is 0 Å². The van der Waals surface area contributed by atoms with Crippen LogP contribution in [0.15, 0.2) is 18.2 Å². The Morgan fingerprint density at radius 3 is 2.95 bits per heavy atom. The fraction of sp³-hybridized carbons (Fsp3) is 0.667. The van der Waals surface area contributed by atoms with Gasteiger partial charge in [-0.05, 0) is 36.8 Å². The molecule has 110 valence electrons. The zero-order valence-corrected chi connectivity index (χ0v) is 13.0. The molecule has 2 unspecified atom stereocenters. The Morgan fingerprint density at radius 1 is 1.30 bits per heavy atom. The van der Waals surface area contributed by atoms with Gasteiger partial charge in [-0.2, -0.15) is 0 Å². The highest BCUT2D eigenvalue weighted by molar-refractivity contribution is 5.40. The van der Waals surface area contributed by atoms with Gasteiger partial charge in [-0.25, -0.2) is 0 Å². The second-order valence-corrected chi connectivity index (χ2v) is 7.25. The van der Waals surface area contributed by atoms with Gasteiger partial charge in [0.25, 0.3) is 0 Å². The van der Waals surface area contributed by atoms with Crippen molar-refractivity contribution >= 4 is 0 Å². The molecule has 1 heterocycles. The molecule has 0 spiro atoms. The van der Waals surface area contributed by atoms with Gasteiger partial charge in [-0.3, -0.25) is 0 Å². The van der Waals surface area contributed by atoms with Crippen molar-refractivity contribution in [2.24, 2.45) is 5.41 Å². The smallest absolute Gasteiger partial charge is 0.123 e. The van der Waals surface area contributed by atoms with Crippen LogP contribution in [0, 0.1) is 12.3 Å². The van der Waals surface area contributed by atoms with Crippen LogP contribution in [0.2, 0.25) is 0 Å². The molecule has 0 saturated heterocycles. The lowest BCUT2D eigenvalue weighted by Crippen LogP contribution is -2.47. The Bertz CT molecular complexity index is 480. The number of hydrogen-bond acceptors (Lipinski definition) is 2. The number of rotatable bonds is 3. The Morgan fingerprint density at radius 2 is 2.15 bits per heavy atom. The minimum absolute atomic E-state index is 0.310. The van der Waals surface area contributed by atoms with Crippen LogP contribution < -0.4 is 10.1 Å². The summed E-state index contributed by atoms with van der Waals surface area (Å²) in [5, 5.41) is 3.78. The number of nitrogens with one attached hydrogen (secondary N) is 1. The highest BCUT2D eigenvalue weighted by Gasteiger charge is 2.33. The maximum absolute atomic E-state index is 6.06. The third-order valence-corrected chi connectivity index (χ3v) is 5.06. The maximum Gasteiger partial charge on any atom is 0.123 e. The first kappa shape index (κ1) is 13.9. The Hall–Kier alpha value is -1.02. The SMILES string of the molecule is Cc1ccc2c(c1)CC(CNC1CCCCC1(C)C)O2. The Balaban J connectivity index is 1.56. The van der Waals surface area contributed by atoms with Gasteiger partial charge in [0, 0.05) is 19.0 Å². The summed E-state index contributed by atoms with van der Waals surface area (Å²) < 4.78 is 6.06. The molecule has 3 rings (SSSR count). The van der Waals surface area contributed by atoms with Crippen molar-refractivity contribution in [2.75, 3.05) is 6.54 Å². The summed E-state index contributed by atoms with van der Waals surface area (Å²) in [5.74, 6) is 1.09. The van der Waals surface area contributed by atoms with Crippen LogP contribution >= 0.6 is 0 Å². The molecular weight excluding hydrogens is 246 g/mol. The molecule has 1 N–H and O–H groups in total. The fourth-order valence-electron chi connectivity index (χ4n) is 3.71. The molecule has 2 atom stereocenters. The quantitative estimate of drug-likeness (QED) is 0.903. The molecule has 2 aliphatic rings. The zero-order chi connectivity index (χ0) is 14.2. The van der Waals surface area contributed by atoms with Gasteiger partial charge < -0.3 is 10.1 Å². The monoisotopic (exact) mass is 273 g/mol. The van der Waals surface area contributed by atoms with Gasteiger partial charge in [0.05, 0.1) is 0 Å². The standard InChI is InChI=1S/C18H27NO/c1-13-7-8-16-14(10-13)11-15(20-16)12-19-17-6-4-5-9-18(17,2)3/h7-8,10,15,17,19H,4-6,9,11-12H2,1-3H3. The predicted octanol–water partition coefficient (Wildman–Crippen LogP) is 3.86. The fourth-order valence-corrected chi connectivity index (χ4v) is 3.71. The van der Waals surface area contributed by atoms with E-state index in [1.165, 1.54) is 36.8 Å². The van der Waals surface area contributed by atoms with Crippen molar-refractivity contribution in [1.82, 2.24) is 5.32 Å². The first-order valence-electron chi connectivity index (χ1n) is 8.04. The number of ether oxygens (including phenoxy) is 1. The molecule has 2 nitrogen and oxygen atoms in total. The first-order valence-corrected chi connectivity index (χ1v) is 8.04. The molecule has 0 radical (unpaired) electrons. The van der Waals surface area contributed by atoms with Crippen molar-refractivity contribution in [3.63, 3.8) is 0 Å². The molecule has 1 aromatic rings. The van der Waals surface area contributed by atoms with Gasteiger partial charge in [-0.1, -0.05) is 44.4 Å². The molecule has 1 aromatic carbocycles. The lowest BCUT2D eigenvalue weighted by atomic mass is 9.73. The molecule has 1 saturated carbocycles. The van der Waals surface area contributed by atoms with Gasteiger partial charge in [0.2, 0.25) is 0 Å². The summed E-state index contributed by atoms with van der Waals surface area (Å²) in [6, 6.07) is 7.17. The van der Waals surface area contributed by atoms with E-state index in [1.54, 1.807) is 0 Å². The number of benzene rings is 1. The molecule has 20 heavy (non-hydrogen) atoms. The molecule has 0 bridgehead atoms. The number of aryl methyl sites for hydroxylation is 1. The van der Waals surface area contributed by atoms with E-state index in [0.717, 1.165) is 18.7 Å². The minimum Gasteiger partial charge on any atom is -0.488 e. The van der Waals surface area contributed by atoms with Crippen LogP contribution in [0.4, 0.5) is 0 Å². The van der Waals surface area contributed by atoms with E-state index in [0.29, 0.717) is 17.6 Å². The summed E-state index contributed by atoms with van der Waals surface area (Å²) >= 11 is 0. The van der Waals surface area contributed by atoms with E-state index >= 15 is 0 Å². The largest absolute Gasteiger partial charge is 0.488 e. The molecular formula is C18H27NO. The predicted molar refractivity (Wildman–Crippen MR) is 83.3 cm³/mol. The normalized spacial score (nSPS) is 27.9. The van der Waals surface area contributed by atoms with E-state index in [2.05, 4.69) is 44.3 Å². The third-order valence-electron chi connectivity index (χ3n) is 5.06. The highest BCUT2D eigenvalue weighted by Crippen LogP contribution is 2.36. The molecule has 1 fully saturated rings. The second kappa shape index (κ2) is 5.40. The second-order valence-electron chi connectivity index (χ2n) is 7.25. The van der Waals surface area contributed by atoms with Crippen LogP contribution in [-0.4, -0.2) is 18.7 Å². The van der Waals surface area contributed by atoms with Crippen LogP contribution in [0.25, 0.3) is 0 Å². The molecule has 1 aliphatic carbocycles. The minimum atomic E-state index is 0.310. The van der Waals surface area contributed by atoms with Crippen molar-refractivity contribution in [2.45, 2.75) is 65.0 Å². The highest BCUT2D eigenvalue weighted by atomic mass is 16.5. The van der Waals surface area contributed by atoms with Gasteiger partial charge in [-0.15, -0.1) is 0 Å². The lowest BCUT2D eigenvalue weighted by Gasteiger charge is -2.39. The van der Waals surface area contributed by atoms with Crippen molar-refractivity contribution in [1.29, 1.82) is 0 Å². The maximum atomic E-state index is 6.06. The Labute approximate surface area is 122 Å². The average molecular weight is 273 g/mol. The topological polar surface area (TPSA) is 21.3 Å². The number of hydrogen-bond donors (Lipinski definition) is 1.